The molecule has 2 atom stereocenters. The summed E-state index contributed by atoms with van der Waals surface area (Å²) >= 11 is 0. The predicted molar refractivity (Wildman–Crippen MR) is 109 cm³/mol. The summed E-state index contributed by atoms with van der Waals surface area (Å²) in [5, 5.41) is 3.10. The molecule has 0 aromatic heterocycles. The molecule has 1 aliphatic heterocycles. The number of hydrogen-bond donors (Lipinski definition) is 1. The van der Waals surface area contributed by atoms with Gasteiger partial charge in [0.2, 0.25) is 10.0 Å². The molecule has 28 heavy (non-hydrogen) atoms. The molecule has 1 aromatic carbocycles. The summed E-state index contributed by atoms with van der Waals surface area (Å²) in [5.74, 6) is 0.562. The van der Waals surface area contributed by atoms with Crippen LogP contribution in [0.3, 0.4) is 0 Å². The number of amides is 1. The zero-order chi connectivity index (χ0) is 20.1. The highest BCUT2D eigenvalue weighted by Gasteiger charge is 2.28. The molecule has 1 saturated heterocycles. The summed E-state index contributed by atoms with van der Waals surface area (Å²) in [6.45, 7) is 3.23. The first-order valence-electron chi connectivity index (χ1n) is 10.4. The van der Waals surface area contributed by atoms with Crippen molar-refractivity contribution in [2.75, 3.05) is 20.2 Å². The smallest absolute Gasteiger partial charge is 0.255 e. The highest BCUT2D eigenvalue weighted by atomic mass is 32.2. The number of hydrogen-bond acceptors (Lipinski definition) is 4. The van der Waals surface area contributed by atoms with E-state index in [2.05, 4.69) is 12.2 Å². The predicted octanol–water partition coefficient (Wildman–Crippen LogP) is 3.57. The number of carbonyl (C=O) groups is 1. The molecular formula is C21H32N2O4S. The molecule has 1 amide bonds. The van der Waals surface area contributed by atoms with Crippen LogP contribution in [0.5, 0.6) is 5.75 Å². The first-order valence-corrected chi connectivity index (χ1v) is 11.9. The molecule has 1 saturated carbocycles. The topological polar surface area (TPSA) is 75.7 Å². The quantitative estimate of drug-likeness (QED) is 0.808. The maximum atomic E-state index is 13.1. The van der Waals surface area contributed by atoms with Crippen LogP contribution in [-0.4, -0.2) is 44.9 Å². The molecule has 7 heteroatoms. The number of benzene rings is 1. The molecule has 2 aliphatic rings. The zero-order valence-electron chi connectivity index (χ0n) is 16.9. The third-order valence-corrected chi connectivity index (χ3v) is 7.94. The number of carbonyl (C=O) groups excluding carboxylic acids is 1. The van der Waals surface area contributed by atoms with Crippen LogP contribution >= 0.6 is 0 Å². The lowest BCUT2D eigenvalue weighted by molar-refractivity contribution is 0.0907. The van der Waals surface area contributed by atoms with Gasteiger partial charge in [0.25, 0.3) is 5.91 Å². The molecule has 1 aliphatic carbocycles. The summed E-state index contributed by atoms with van der Waals surface area (Å²) in [4.78, 5) is 13.1. The Hall–Kier alpha value is -1.60. The Labute approximate surface area is 168 Å². The van der Waals surface area contributed by atoms with Crippen molar-refractivity contribution in [2.45, 2.75) is 69.2 Å². The molecule has 2 fully saturated rings. The molecule has 1 N–H and O–H groups in total. The highest BCUT2D eigenvalue weighted by Crippen LogP contribution is 2.28. The maximum absolute atomic E-state index is 13.1. The van der Waals surface area contributed by atoms with Crippen molar-refractivity contribution in [2.24, 2.45) is 5.92 Å². The Bertz CT molecular complexity index is 786. The largest absolute Gasteiger partial charge is 0.496 e. The van der Waals surface area contributed by atoms with Crippen LogP contribution in [0.1, 0.15) is 68.6 Å². The Balaban J connectivity index is 1.85. The molecule has 1 heterocycles. The SMILES string of the molecule is COc1ccc(S(=O)(=O)N2CCCCCC2)cc1C(=O)NC1CCCCC1C. The van der Waals surface area contributed by atoms with E-state index in [9.17, 15) is 13.2 Å². The van der Waals surface area contributed by atoms with Crippen LogP contribution in [-0.2, 0) is 10.0 Å². The zero-order valence-corrected chi connectivity index (χ0v) is 17.8. The summed E-state index contributed by atoms with van der Waals surface area (Å²) in [6, 6.07) is 4.72. The van der Waals surface area contributed by atoms with Crippen LogP contribution in [0, 0.1) is 5.92 Å². The van der Waals surface area contributed by atoms with Gasteiger partial charge in [0.05, 0.1) is 17.6 Å². The van der Waals surface area contributed by atoms with E-state index >= 15 is 0 Å². The number of nitrogens with zero attached hydrogens (tertiary/aromatic N) is 1. The van der Waals surface area contributed by atoms with Gasteiger partial charge in [-0.05, 0) is 49.8 Å². The monoisotopic (exact) mass is 408 g/mol. The Kier molecular flexibility index (Phi) is 6.99. The summed E-state index contributed by atoms with van der Waals surface area (Å²) in [6.07, 6.45) is 8.23. The van der Waals surface area contributed by atoms with Gasteiger partial charge < -0.3 is 10.1 Å². The lowest BCUT2D eigenvalue weighted by atomic mass is 9.86. The molecule has 0 radical (unpaired) electrons. The highest BCUT2D eigenvalue weighted by molar-refractivity contribution is 7.89. The first kappa shape index (κ1) is 21.1. The second-order valence-corrected chi connectivity index (χ2v) is 9.96. The molecule has 2 unspecified atom stereocenters. The first-order chi connectivity index (χ1) is 13.4. The Morgan fingerprint density at radius 3 is 2.39 bits per heavy atom. The van der Waals surface area contributed by atoms with Gasteiger partial charge in [-0.1, -0.05) is 32.6 Å². The lowest BCUT2D eigenvalue weighted by Gasteiger charge is -2.29. The van der Waals surface area contributed by atoms with E-state index in [-0.39, 0.29) is 22.4 Å². The molecule has 0 spiro atoms. The van der Waals surface area contributed by atoms with E-state index in [0.717, 1.165) is 44.9 Å². The van der Waals surface area contributed by atoms with Crippen molar-refractivity contribution in [3.63, 3.8) is 0 Å². The fraction of sp³-hybridized carbons (Fsp3) is 0.667. The Morgan fingerprint density at radius 1 is 1.07 bits per heavy atom. The van der Waals surface area contributed by atoms with Crippen LogP contribution in [0.4, 0.5) is 0 Å². The molecule has 3 rings (SSSR count). The van der Waals surface area contributed by atoms with Crippen molar-refractivity contribution in [3.05, 3.63) is 23.8 Å². The average molecular weight is 409 g/mol. The maximum Gasteiger partial charge on any atom is 0.255 e. The van der Waals surface area contributed by atoms with Crippen LogP contribution < -0.4 is 10.1 Å². The number of rotatable bonds is 5. The van der Waals surface area contributed by atoms with Crippen LogP contribution in [0.25, 0.3) is 0 Å². The van der Waals surface area contributed by atoms with Crippen molar-refractivity contribution >= 4 is 15.9 Å². The van der Waals surface area contributed by atoms with Crippen molar-refractivity contribution in [1.82, 2.24) is 9.62 Å². The minimum Gasteiger partial charge on any atom is -0.496 e. The molecule has 0 bridgehead atoms. The normalized spacial score (nSPS) is 24.4. The molecule has 6 nitrogen and oxygen atoms in total. The Morgan fingerprint density at radius 2 is 1.75 bits per heavy atom. The van der Waals surface area contributed by atoms with Crippen molar-refractivity contribution < 1.29 is 17.9 Å². The summed E-state index contributed by atoms with van der Waals surface area (Å²) < 4.78 is 33.1. The van der Waals surface area contributed by atoms with E-state index in [1.54, 1.807) is 16.4 Å². The van der Waals surface area contributed by atoms with Gasteiger partial charge in [0.1, 0.15) is 5.75 Å². The molecule has 156 valence electrons. The van der Waals surface area contributed by atoms with Crippen LogP contribution in [0.15, 0.2) is 23.1 Å². The van der Waals surface area contributed by atoms with Gasteiger partial charge in [-0.3, -0.25) is 4.79 Å². The van der Waals surface area contributed by atoms with Gasteiger partial charge in [0.15, 0.2) is 0 Å². The van der Waals surface area contributed by atoms with Gasteiger partial charge >= 0.3 is 0 Å². The standard InChI is InChI=1S/C21H32N2O4S/c1-16-9-5-6-10-19(16)22-21(24)18-15-17(11-12-20(18)27-2)28(25,26)23-13-7-3-4-8-14-23/h11-12,15-16,19H,3-10,13-14H2,1-2H3,(H,22,24). The third-order valence-electron chi connectivity index (χ3n) is 6.05. The summed E-state index contributed by atoms with van der Waals surface area (Å²) in [5.41, 5.74) is 0.288. The second kappa shape index (κ2) is 9.27. The van der Waals surface area contributed by atoms with E-state index in [1.807, 2.05) is 0 Å². The third kappa shape index (κ3) is 4.69. The molecule has 1 aromatic rings. The fourth-order valence-corrected chi connectivity index (χ4v) is 5.78. The second-order valence-electron chi connectivity index (χ2n) is 8.02. The summed E-state index contributed by atoms with van der Waals surface area (Å²) in [7, 11) is -2.11. The van der Waals surface area contributed by atoms with E-state index in [1.165, 1.54) is 19.6 Å². The van der Waals surface area contributed by atoms with Gasteiger partial charge in [-0.2, -0.15) is 4.31 Å². The number of methoxy groups -OCH3 is 1. The number of ether oxygens (including phenoxy) is 1. The number of nitrogens with one attached hydrogen (secondary N) is 1. The lowest BCUT2D eigenvalue weighted by Crippen LogP contribution is -2.41. The van der Waals surface area contributed by atoms with E-state index in [0.29, 0.717) is 24.8 Å². The van der Waals surface area contributed by atoms with Gasteiger partial charge in [-0.15, -0.1) is 0 Å². The van der Waals surface area contributed by atoms with Crippen molar-refractivity contribution in [1.29, 1.82) is 0 Å². The molecular weight excluding hydrogens is 376 g/mol. The fourth-order valence-electron chi connectivity index (χ4n) is 4.23. The average Bonchev–Trinajstić information content (AvgIpc) is 2.99. The van der Waals surface area contributed by atoms with E-state index < -0.39 is 10.0 Å². The van der Waals surface area contributed by atoms with Crippen molar-refractivity contribution in [3.8, 4) is 5.75 Å². The van der Waals surface area contributed by atoms with E-state index in [4.69, 9.17) is 4.74 Å². The number of sulfonamides is 1. The minimum absolute atomic E-state index is 0.122. The van der Waals surface area contributed by atoms with Gasteiger partial charge in [0, 0.05) is 19.1 Å². The van der Waals surface area contributed by atoms with Crippen LogP contribution in [0.2, 0.25) is 0 Å². The minimum atomic E-state index is -3.61. The van der Waals surface area contributed by atoms with Gasteiger partial charge in [-0.25, -0.2) is 8.42 Å².